The quantitative estimate of drug-likeness (QED) is 0.560. The second kappa shape index (κ2) is 7.72. The summed E-state index contributed by atoms with van der Waals surface area (Å²) >= 11 is 15.7. The van der Waals surface area contributed by atoms with Crippen molar-refractivity contribution < 1.29 is 0 Å². The van der Waals surface area contributed by atoms with Crippen molar-refractivity contribution in [1.29, 1.82) is 5.26 Å². The first kappa shape index (κ1) is 16.9. The van der Waals surface area contributed by atoms with Gasteiger partial charge in [0.15, 0.2) is 0 Å². The fourth-order valence-corrected chi connectivity index (χ4v) is 5.89. The van der Waals surface area contributed by atoms with Gasteiger partial charge in [0, 0.05) is 33.4 Å². The average Bonchev–Trinajstić information content (AvgIpc) is 2.84. The molecule has 1 saturated heterocycles. The fraction of sp³-hybridized carbons (Fsp3) is 0.235. The molecule has 1 aromatic rings. The van der Waals surface area contributed by atoms with Crippen molar-refractivity contribution in [3.05, 3.63) is 68.3 Å². The molecular formula is C17H14Cl2N2S2. The molecule has 1 atom stereocenters. The van der Waals surface area contributed by atoms with Crippen molar-refractivity contribution in [3.63, 3.8) is 0 Å². The Morgan fingerprint density at radius 2 is 1.96 bits per heavy atom. The molecule has 0 aromatic heterocycles. The van der Waals surface area contributed by atoms with Crippen LogP contribution in [0.5, 0.6) is 0 Å². The van der Waals surface area contributed by atoms with Gasteiger partial charge in [0.25, 0.3) is 0 Å². The maximum atomic E-state index is 9.59. The summed E-state index contributed by atoms with van der Waals surface area (Å²) < 4.78 is 1.04. The second-order valence-electron chi connectivity index (χ2n) is 5.09. The average molecular weight is 381 g/mol. The van der Waals surface area contributed by atoms with E-state index in [0.29, 0.717) is 15.7 Å². The Balaban J connectivity index is 1.86. The van der Waals surface area contributed by atoms with E-state index in [-0.39, 0.29) is 5.25 Å². The first-order chi connectivity index (χ1) is 11.2. The normalized spacial score (nSPS) is 22.8. The Kier molecular flexibility index (Phi) is 5.66. The maximum absolute atomic E-state index is 9.59. The van der Waals surface area contributed by atoms with Gasteiger partial charge in [-0.2, -0.15) is 5.26 Å². The van der Waals surface area contributed by atoms with Gasteiger partial charge in [-0.05, 0) is 30.5 Å². The molecule has 2 nitrogen and oxygen atoms in total. The zero-order chi connectivity index (χ0) is 16.2. The number of benzene rings is 1. The van der Waals surface area contributed by atoms with Gasteiger partial charge < -0.3 is 4.90 Å². The summed E-state index contributed by atoms with van der Waals surface area (Å²) in [6, 6.07) is 7.96. The molecular weight excluding hydrogens is 367 g/mol. The molecule has 0 unspecified atom stereocenters. The van der Waals surface area contributed by atoms with Crippen molar-refractivity contribution in [2.24, 2.45) is 0 Å². The first-order valence-corrected chi connectivity index (χ1v) is 9.81. The zero-order valence-electron chi connectivity index (χ0n) is 12.2. The number of hydrogen-bond donors (Lipinski definition) is 0. The summed E-state index contributed by atoms with van der Waals surface area (Å²) in [4.78, 5) is 1.91. The number of hydrogen-bond acceptors (Lipinski definition) is 4. The molecule has 0 spiro atoms. The Morgan fingerprint density at radius 3 is 2.61 bits per heavy atom. The van der Waals surface area contributed by atoms with Crippen LogP contribution in [0, 0.1) is 11.3 Å². The molecule has 0 aliphatic carbocycles. The zero-order valence-corrected chi connectivity index (χ0v) is 15.4. The minimum atomic E-state index is 0.239. The van der Waals surface area contributed by atoms with Gasteiger partial charge in [-0.25, -0.2) is 0 Å². The number of nitriles is 1. The van der Waals surface area contributed by atoms with Crippen LogP contribution in [0.15, 0.2) is 52.7 Å². The monoisotopic (exact) mass is 380 g/mol. The molecule has 6 heteroatoms. The van der Waals surface area contributed by atoms with Crippen molar-refractivity contribution in [3.8, 4) is 6.07 Å². The summed E-state index contributed by atoms with van der Waals surface area (Å²) in [6.07, 6.45) is 10.1. The molecule has 1 fully saturated rings. The van der Waals surface area contributed by atoms with E-state index in [1.54, 1.807) is 29.6 Å². The summed E-state index contributed by atoms with van der Waals surface area (Å²) in [5, 5.41) is 11.2. The predicted molar refractivity (Wildman–Crippen MR) is 101 cm³/mol. The van der Waals surface area contributed by atoms with E-state index in [9.17, 15) is 5.26 Å². The number of thioether (sulfide) groups is 2. The highest BCUT2D eigenvalue weighted by Gasteiger charge is 2.28. The Labute approximate surface area is 154 Å². The molecule has 0 bridgehead atoms. The number of halogens is 2. The number of nitrogens with zero attached hydrogens (tertiary/aromatic N) is 2. The van der Waals surface area contributed by atoms with Crippen molar-refractivity contribution in [1.82, 2.24) is 4.90 Å². The van der Waals surface area contributed by atoms with E-state index in [1.807, 2.05) is 29.4 Å². The standard InChI is InChI=1S/C17H14Cl2N2S2/c18-12-5-6-13(14(19)9-12)16-11-22-17(23-16)15(10-20)21-7-3-1-2-4-8-21/h3-9,16H,1-2,11H2/b17-15+/t16-/m0/s1. The van der Waals surface area contributed by atoms with E-state index < -0.39 is 0 Å². The van der Waals surface area contributed by atoms with E-state index in [2.05, 4.69) is 18.2 Å². The molecule has 23 heavy (non-hydrogen) atoms. The van der Waals surface area contributed by atoms with Crippen LogP contribution in [-0.4, -0.2) is 10.7 Å². The summed E-state index contributed by atoms with van der Waals surface area (Å²) in [6.45, 7) is 0. The minimum absolute atomic E-state index is 0.239. The highest BCUT2D eigenvalue weighted by molar-refractivity contribution is 8.25. The Morgan fingerprint density at radius 1 is 1.22 bits per heavy atom. The lowest BCUT2D eigenvalue weighted by atomic mass is 10.2. The molecule has 118 valence electrons. The molecule has 0 amide bonds. The van der Waals surface area contributed by atoms with Crippen molar-refractivity contribution >= 4 is 46.7 Å². The Bertz CT molecular complexity index is 721. The largest absolute Gasteiger partial charge is 0.314 e. The highest BCUT2D eigenvalue weighted by Crippen LogP contribution is 2.53. The predicted octanol–water partition coefficient (Wildman–Crippen LogP) is 6.33. The van der Waals surface area contributed by atoms with E-state index in [1.165, 1.54) is 0 Å². The molecule has 0 N–H and O–H groups in total. The van der Waals surface area contributed by atoms with Gasteiger partial charge in [-0.1, -0.05) is 41.4 Å². The van der Waals surface area contributed by atoms with E-state index in [4.69, 9.17) is 23.2 Å². The van der Waals surface area contributed by atoms with E-state index in [0.717, 1.165) is 28.4 Å². The number of rotatable bonds is 2. The van der Waals surface area contributed by atoms with Crippen LogP contribution in [0.2, 0.25) is 10.0 Å². The first-order valence-electron chi connectivity index (χ1n) is 7.19. The third-order valence-electron chi connectivity index (χ3n) is 3.51. The SMILES string of the molecule is N#C/C(=C1/SC[C@@H](c2ccc(Cl)cc2Cl)S1)N1C=CCCC=C1. The second-order valence-corrected chi connectivity index (χ2v) is 8.43. The van der Waals surface area contributed by atoms with Crippen molar-refractivity contribution in [2.45, 2.75) is 18.1 Å². The van der Waals surface area contributed by atoms with Crippen LogP contribution in [0.3, 0.4) is 0 Å². The molecule has 2 aliphatic rings. The molecule has 2 heterocycles. The van der Waals surface area contributed by atoms with Crippen LogP contribution in [0.25, 0.3) is 0 Å². The van der Waals surface area contributed by atoms with Gasteiger partial charge in [0.2, 0.25) is 0 Å². The minimum Gasteiger partial charge on any atom is -0.314 e. The van der Waals surface area contributed by atoms with Gasteiger partial charge in [0.05, 0.1) is 4.24 Å². The highest BCUT2D eigenvalue weighted by atomic mass is 35.5. The van der Waals surface area contributed by atoms with E-state index >= 15 is 0 Å². The number of allylic oxidation sites excluding steroid dienone is 3. The molecule has 0 saturated carbocycles. The summed E-state index contributed by atoms with van der Waals surface area (Å²) in [5.74, 6) is 0.897. The molecule has 1 aromatic carbocycles. The van der Waals surface area contributed by atoms with Gasteiger partial charge >= 0.3 is 0 Å². The Hall–Kier alpha value is -0.990. The lowest BCUT2D eigenvalue weighted by Gasteiger charge is -2.15. The van der Waals surface area contributed by atoms with Crippen LogP contribution in [0.4, 0.5) is 0 Å². The van der Waals surface area contributed by atoms with Gasteiger partial charge in [-0.15, -0.1) is 23.5 Å². The van der Waals surface area contributed by atoms with Crippen molar-refractivity contribution in [2.75, 3.05) is 5.75 Å². The molecule has 3 rings (SSSR count). The van der Waals surface area contributed by atoms with Gasteiger partial charge in [0.1, 0.15) is 11.8 Å². The maximum Gasteiger partial charge on any atom is 0.144 e. The third-order valence-corrected chi connectivity index (χ3v) is 7.00. The van der Waals surface area contributed by atoms with Crippen LogP contribution < -0.4 is 0 Å². The lowest BCUT2D eigenvalue weighted by Crippen LogP contribution is -2.08. The van der Waals surface area contributed by atoms with Crippen LogP contribution in [-0.2, 0) is 0 Å². The topological polar surface area (TPSA) is 27.0 Å². The molecule has 2 aliphatic heterocycles. The smallest absolute Gasteiger partial charge is 0.144 e. The molecule has 0 radical (unpaired) electrons. The summed E-state index contributed by atoms with van der Waals surface area (Å²) in [5.41, 5.74) is 1.75. The fourth-order valence-electron chi connectivity index (χ4n) is 2.36. The van der Waals surface area contributed by atoms with Crippen LogP contribution in [0.1, 0.15) is 23.7 Å². The van der Waals surface area contributed by atoms with Crippen LogP contribution >= 0.6 is 46.7 Å². The van der Waals surface area contributed by atoms with Gasteiger partial charge in [-0.3, -0.25) is 0 Å². The summed E-state index contributed by atoms with van der Waals surface area (Å²) in [7, 11) is 0. The third kappa shape index (κ3) is 3.92. The lowest BCUT2D eigenvalue weighted by molar-refractivity contribution is 0.656.